The first kappa shape index (κ1) is 11.5. The van der Waals surface area contributed by atoms with E-state index in [1.165, 1.54) is 0 Å². The molecule has 4 heteroatoms. The molecule has 0 aromatic carbocycles. The Balaban J connectivity index is 2.18. The summed E-state index contributed by atoms with van der Waals surface area (Å²) in [6.45, 7) is 2.22. The minimum Gasteiger partial charge on any atom is -0.491 e. The Morgan fingerprint density at radius 3 is 3.12 bits per heavy atom. The number of esters is 1. The molecule has 90 valence electrons. The number of fused-ring (bicyclic) bond motifs is 1. The van der Waals surface area contributed by atoms with Gasteiger partial charge in [-0.1, -0.05) is 0 Å². The van der Waals surface area contributed by atoms with Crippen LogP contribution in [0.2, 0.25) is 0 Å². The van der Waals surface area contributed by atoms with Gasteiger partial charge in [0.1, 0.15) is 11.9 Å². The zero-order valence-corrected chi connectivity index (χ0v) is 9.57. The lowest BCUT2D eigenvalue weighted by molar-refractivity contribution is -0.139. The molecular weight excluding hydrogens is 208 g/mol. The van der Waals surface area contributed by atoms with E-state index in [0.29, 0.717) is 18.1 Å². The molecule has 4 nitrogen and oxygen atoms in total. The average Bonchev–Trinajstić information content (AvgIpc) is 2.71. The van der Waals surface area contributed by atoms with E-state index in [-0.39, 0.29) is 18.7 Å². The molecule has 2 rings (SSSR count). The van der Waals surface area contributed by atoms with Gasteiger partial charge in [0.05, 0.1) is 18.8 Å². The van der Waals surface area contributed by atoms with Crippen LogP contribution in [0.4, 0.5) is 0 Å². The summed E-state index contributed by atoms with van der Waals surface area (Å²) in [7, 11) is 0. The van der Waals surface area contributed by atoms with Gasteiger partial charge in [-0.05, 0) is 32.6 Å². The van der Waals surface area contributed by atoms with E-state index in [2.05, 4.69) is 0 Å². The van der Waals surface area contributed by atoms with Crippen LogP contribution in [-0.4, -0.2) is 30.4 Å². The number of rotatable bonds is 3. The molecule has 0 aromatic heterocycles. The molecule has 0 unspecified atom stereocenters. The number of allylic oxidation sites excluding steroid dienone is 1. The highest BCUT2D eigenvalue weighted by molar-refractivity contribution is 5.89. The molecular formula is C12H18O4. The van der Waals surface area contributed by atoms with Crippen LogP contribution >= 0.6 is 0 Å². The average molecular weight is 226 g/mol. The standard InChI is InChI=1S/C12H18O4/c1-2-15-12(14)10-5-3-4-8-6-9(7-13)16-11(8)10/h8-9,13H,2-7H2,1H3/t8-,9-/m1/s1. The summed E-state index contributed by atoms with van der Waals surface area (Å²) in [4.78, 5) is 11.7. The summed E-state index contributed by atoms with van der Waals surface area (Å²) in [6.07, 6.45) is 3.48. The van der Waals surface area contributed by atoms with Gasteiger partial charge >= 0.3 is 5.97 Å². The zero-order chi connectivity index (χ0) is 11.5. The lowest BCUT2D eigenvalue weighted by Crippen LogP contribution is -2.16. The Morgan fingerprint density at radius 2 is 2.44 bits per heavy atom. The van der Waals surface area contributed by atoms with Gasteiger partial charge in [0.15, 0.2) is 0 Å². The summed E-state index contributed by atoms with van der Waals surface area (Å²) in [5, 5.41) is 9.08. The van der Waals surface area contributed by atoms with Gasteiger partial charge in [-0.25, -0.2) is 4.79 Å². The van der Waals surface area contributed by atoms with Crippen molar-refractivity contribution in [3.05, 3.63) is 11.3 Å². The first-order chi connectivity index (χ1) is 7.76. The summed E-state index contributed by atoms with van der Waals surface area (Å²) < 4.78 is 10.6. The largest absolute Gasteiger partial charge is 0.491 e. The third-order valence-electron chi connectivity index (χ3n) is 3.21. The van der Waals surface area contributed by atoms with E-state index in [0.717, 1.165) is 31.4 Å². The van der Waals surface area contributed by atoms with Gasteiger partial charge < -0.3 is 14.6 Å². The number of hydrogen-bond donors (Lipinski definition) is 1. The van der Waals surface area contributed by atoms with Crippen LogP contribution in [0.3, 0.4) is 0 Å². The third kappa shape index (κ3) is 2.07. The predicted octanol–water partition coefficient (Wildman–Crippen LogP) is 1.38. The first-order valence-corrected chi connectivity index (χ1v) is 5.94. The molecule has 1 saturated heterocycles. The highest BCUT2D eigenvalue weighted by Gasteiger charge is 2.37. The Morgan fingerprint density at radius 1 is 1.62 bits per heavy atom. The van der Waals surface area contributed by atoms with E-state index in [1.807, 2.05) is 0 Å². The molecule has 1 aliphatic heterocycles. The molecule has 2 aliphatic rings. The van der Waals surface area contributed by atoms with E-state index in [1.54, 1.807) is 6.92 Å². The Hall–Kier alpha value is -1.03. The molecule has 0 aromatic rings. The lowest BCUT2D eigenvalue weighted by Gasteiger charge is -2.20. The second-order valence-electron chi connectivity index (χ2n) is 4.31. The monoisotopic (exact) mass is 226 g/mol. The van der Waals surface area contributed by atoms with Crippen LogP contribution in [0, 0.1) is 5.92 Å². The van der Waals surface area contributed by atoms with Crippen molar-refractivity contribution in [1.82, 2.24) is 0 Å². The van der Waals surface area contributed by atoms with E-state index in [9.17, 15) is 4.79 Å². The number of aliphatic hydroxyl groups is 1. The van der Waals surface area contributed by atoms with E-state index in [4.69, 9.17) is 14.6 Å². The van der Waals surface area contributed by atoms with Crippen molar-refractivity contribution in [3.8, 4) is 0 Å². The van der Waals surface area contributed by atoms with Crippen LogP contribution in [0.25, 0.3) is 0 Å². The number of carbonyl (C=O) groups is 1. The van der Waals surface area contributed by atoms with Crippen molar-refractivity contribution in [2.24, 2.45) is 5.92 Å². The zero-order valence-electron chi connectivity index (χ0n) is 9.57. The second-order valence-corrected chi connectivity index (χ2v) is 4.31. The molecule has 2 atom stereocenters. The second kappa shape index (κ2) is 4.87. The molecule has 1 N–H and O–H groups in total. The molecule has 16 heavy (non-hydrogen) atoms. The molecule has 0 saturated carbocycles. The van der Waals surface area contributed by atoms with Crippen LogP contribution in [0.15, 0.2) is 11.3 Å². The SMILES string of the molecule is CCOC(=O)C1=C2O[C@@H](CO)C[C@H]2CCC1. The van der Waals surface area contributed by atoms with Crippen LogP contribution in [0.1, 0.15) is 32.6 Å². The van der Waals surface area contributed by atoms with Gasteiger partial charge in [-0.2, -0.15) is 0 Å². The summed E-state index contributed by atoms with van der Waals surface area (Å²) in [5.41, 5.74) is 0.689. The molecule has 1 aliphatic carbocycles. The smallest absolute Gasteiger partial charge is 0.337 e. The van der Waals surface area contributed by atoms with Crippen LogP contribution in [-0.2, 0) is 14.3 Å². The van der Waals surface area contributed by atoms with Crippen molar-refractivity contribution in [2.75, 3.05) is 13.2 Å². The Labute approximate surface area is 95.2 Å². The molecule has 0 radical (unpaired) electrons. The summed E-state index contributed by atoms with van der Waals surface area (Å²) in [5.74, 6) is 0.842. The minimum absolute atomic E-state index is 0.0239. The first-order valence-electron chi connectivity index (χ1n) is 5.94. The number of hydrogen-bond acceptors (Lipinski definition) is 4. The topological polar surface area (TPSA) is 55.8 Å². The van der Waals surface area contributed by atoms with Crippen LogP contribution < -0.4 is 0 Å². The number of aliphatic hydroxyl groups excluding tert-OH is 1. The molecule has 1 fully saturated rings. The van der Waals surface area contributed by atoms with Gasteiger partial charge in [0.2, 0.25) is 0 Å². The summed E-state index contributed by atoms with van der Waals surface area (Å²) in [6, 6.07) is 0. The summed E-state index contributed by atoms with van der Waals surface area (Å²) >= 11 is 0. The fourth-order valence-electron chi connectivity index (χ4n) is 2.50. The van der Waals surface area contributed by atoms with E-state index < -0.39 is 0 Å². The molecule has 0 spiro atoms. The van der Waals surface area contributed by atoms with Crippen molar-refractivity contribution >= 4 is 5.97 Å². The molecule has 0 amide bonds. The van der Waals surface area contributed by atoms with Crippen molar-refractivity contribution in [1.29, 1.82) is 0 Å². The number of ether oxygens (including phenoxy) is 2. The van der Waals surface area contributed by atoms with Crippen molar-refractivity contribution < 1.29 is 19.4 Å². The van der Waals surface area contributed by atoms with Crippen LogP contribution in [0.5, 0.6) is 0 Å². The molecule has 1 heterocycles. The van der Waals surface area contributed by atoms with Gasteiger partial charge in [-0.15, -0.1) is 0 Å². The minimum atomic E-state index is -0.249. The van der Waals surface area contributed by atoms with Crippen molar-refractivity contribution in [3.63, 3.8) is 0 Å². The predicted molar refractivity (Wildman–Crippen MR) is 57.6 cm³/mol. The van der Waals surface area contributed by atoms with Crippen molar-refractivity contribution in [2.45, 2.75) is 38.7 Å². The lowest BCUT2D eigenvalue weighted by atomic mass is 9.87. The Kier molecular flexibility index (Phi) is 3.49. The Bertz CT molecular complexity index is 308. The quantitative estimate of drug-likeness (QED) is 0.739. The fourth-order valence-corrected chi connectivity index (χ4v) is 2.50. The third-order valence-corrected chi connectivity index (χ3v) is 3.21. The van der Waals surface area contributed by atoms with E-state index >= 15 is 0 Å². The maximum Gasteiger partial charge on any atom is 0.337 e. The number of carbonyl (C=O) groups excluding carboxylic acids is 1. The van der Waals surface area contributed by atoms with Gasteiger partial charge in [-0.3, -0.25) is 0 Å². The maximum absolute atomic E-state index is 11.7. The normalized spacial score (nSPS) is 28.6. The van der Waals surface area contributed by atoms with Gasteiger partial charge in [0, 0.05) is 5.92 Å². The highest BCUT2D eigenvalue weighted by atomic mass is 16.5. The highest BCUT2D eigenvalue weighted by Crippen LogP contribution is 2.40. The molecule has 0 bridgehead atoms. The van der Waals surface area contributed by atoms with Gasteiger partial charge in [0.25, 0.3) is 0 Å². The maximum atomic E-state index is 11.7. The fraction of sp³-hybridized carbons (Fsp3) is 0.750.